The molecule has 2 aliphatic heterocycles. The lowest BCUT2D eigenvalue weighted by Crippen LogP contribution is -2.61. The summed E-state index contributed by atoms with van der Waals surface area (Å²) < 4.78 is 81.4. The molecule has 0 radical (unpaired) electrons. The van der Waals surface area contributed by atoms with Crippen LogP contribution in [0.2, 0.25) is 0 Å². The standard InChI is InChI=1S/C73H77N3O12S/c1-77-62-38-36-58(37-39-62)49-82-66-64(87-72(78-2)70(85-48-57-30-17-7-18-31-57)68(66)83-46-55-26-13-5-14-27-55)51-80-44-60-33-21-32-59(40-60)41-76-42-61(74-75-76)50-86-71-69(84-47-56-28-15-6-16-29-56)67(81-45-54-24-11-4-12-25-54)65(52-79-43-53-22-9-3-10-23-53)88-73(71)89-63-34-19-8-20-35-63/h3-40,42,64-73H,41,43-52H2,1-2H3/t64-,65-,66-,67-,68+,69+,70-,71-,72+,73+/m1/s1. The van der Waals surface area contributed by atoms with Crippen molar-refractivity contribution in [3.05, 3.63) is 287 Å². The fourth-order valence-electron chi connectivity index (χ4n) is 10.9. The minimum atomic E-state index is -0.783. The smallest absolute Gasteiger partial charge is 0.186 e. The number of hydrogen-bond acceptors (Lipinski definition) is 15. The van der Waals surface area contributed by atoms with Crippen LogP contribution in [0.4, 0.5) is 0 Å². The number of thioether (sulfide) groups is 1. The number of aromatic nitrogens is 3. The Morgan fingerprint density at radius 3 is 1.33 bits per heavy atom. The van der Waals surface area contributed by atoms with Crippen LogP contribution in [0.25, 0.3) is 0 Å². The molecule has 8 aromatic carbocycles. The van der Waals surface area contributed by atoms with Gasteiger partial charge in [-0.2, -0.15) is 0 Å². The van der Waals surface area contributed by atoms with E-state index in [1.807, 2.05) is 181 Å². The normalized spacial score (nSPS) is 21.8. The van der Waals surface area contributed by atoms with Gasteiger partial charge in [-0.1, -0.05) is 223 Å². The summed E-state index contributed by atoms with van der Waals surface area (Å²) in [6.07, 6.45) is -3.62. The summed E-state index contributed by atoms with van der Waals surface area (Å²) in [5.41, 5.74) is 8.22. The first-order chi connectivity index (χ1) is 44.0. The van der Waals surface area contributed by atoms with Gasteiger partial charge in [-0.25, -0.2) is 4.68 Å². The quantitative estimate of drug-likeness (QED) is 0.0394. The van der Waals surface area contributed by atoms with Gasteiger partial charge < -0.3 is 56.8 Å². The molecule has 1 aromatic heterocycles. The van der Waals surface area contributed by atoms with Crippen LogP contribution in [0.1, 0.15) is 50.2 Å². The number of hydrogen-bond donors (Lipinski definition) is 0. The molecule has 15 nitrogen and oxygen atoms in total. The molecule has 0 spiro atoms. The second-order valence-electron chi connectivity index (χ2n) is 21.9. The van der Waals surface area contributed by atoms with Crippen LogP contribution in [-0.2, 0) is 112 Å². The maximum absolute atomic E-state index is 7.10. The van der Waals surface area contributed by atoms with Crippen LogP contribution in [0.5, 0.6) is 5.75 Å². The Hall–Kier alpha value is -7.39. The molecule has 11 rings (SSSR count). The average Bonchev–Trinajstić information content (AvgIpc) is 1.81. The highest BCUT2D eigenvalue weighted by Gasteiger charge is 2.50. The highest BCUT2D eigenvalue weighted by Crippen LogP contribution is 2.39. The van der Waals surface area contributed by atoms with Crippen molar-refractivity contribution in [3.8, 4) is 5.75 Å². The summed E-state index contributed by atoms with van der Waals surface area (Å²) >= 11 is 1.59. The summed E-state index contributed by atoms with van der Waals surface area (Å²) in [5, 5.41) is 9.21. The van der Waals surface area contributed by atoms with Crippen LogP contribution in [0.3, 0.4) is 0 Å². The van der Waals surface area contributed by atoms with Gasteiger partial charge in [0.2, 0.25) is 0 Å². The third-order valence-electron chi connectivity index (χ3n) is 15.4. The number of ether oxygens (including phenoxy) is 12. The van der Waals surface area contributed by atoms with Gasteiger partial charge in [-0.3, -0.25) is 0 Å². The Kier molecular flexibility index (Phi) is 23.7. The number of methoxy groups -OCH3 is 2. The Balaban J connectivity index is 0.783. The first-order valence-electron chi connectivity index (χ1n) is 30.2. The molecule has 2 aliphatic rings. The minimum absolute atomic E-state index is 0.134. The van der Waals surface area contributed by atoms with Crippen LogP contribution < -0.4 is 4.74 Å². The number of rotatable bonds is 32. The third-order valence-corrected chi connectivity index (χ3v) is 16.6. The first-order valence-corrected chi connectivity index (χ1v) is 31.1. The van der Waals surface area contributed by atoms with E-state index in [1.165, 1.54) is 0 Å². The lowest BCUT2D eigenvalue weighted by Gasteiger charge is -2.46. The van der Waals surface area contributed by atoms with E-state index in [2.05, 4.69) is 71.0 Å². The van der Waals surface area contributed by atoms with Crippen molar-refractivity contribution < 1.29 is 56.8 Å². The fraction of sp³-hybridized carbons (Fsp3) is 0.315. The highest BCUT2D eigenvalue weighted by molar-refractivity contribution is 7.99. The molecule has 2 saturated heterocycles. The molecule has 3 heterocycles. The van der Waals surface area contributed by atoms with E-state index in [-0.39, 0.29) is 26.4 Å². The number of nitrogens with zero attached hydrogens (tertiary/aromatic N) is 3. The Labute approximate surface area is 526 Å². The molecule has 0 amide bonds. The lowest BCUT2D eigenvalue weighted by atomic mass is 9.97. The SMILES string of the molecule is COc1ccc(CO[C@H]2[C@H](OCc3ccccc3)[C@@H](OCc3ccccc3)[C@@H](OC)O[C@@H]2COCc2cccc(Cn3cc(CO[C@@H]4[C@@H](OCc5ccccc5)[C@H](OCc5ccccc5)[C@@H](COCc5ccccc5)O[C@H]4Sc4ccccc4)nn3)c2)cc1. The van der Waals surface area contributed by atoms with E-state index in [4.69, 9.17) is 56.8 Å². The molecular formula is C73H77N3O12S. The predicted molar refractivity (Wildman–Crippen MR) is 338 cm³/mol. The van der Waals surface area contributed by atoms with Crippen molar-refractivity contribution in [1.82, 2.24) is 15.0 Å². The summed E-state index contributed by atoms with van der Waals surface area (Å²) in [6, 6.07) is 76.8. The molecule has 0 unspecified atom stereocenters. The van der Waals surface area contributed by atoms with Crippen LogP contribution in [0, 0.1) is 0 Å². The maximum atomic E-state index is 7.10. The van der Waals surface area contributed by atoms with Gasteiger partial charge in [-0.15, -0.1) is 5.10 Å². The van der Waals surface area contributed by atoms with E-state index >= 15 is 0 Å². The molecular weight excluding hydrogens is 1140 g/mol. The van der Waals surface area contributed by atoms with Gasteiger partial charge in [0, 0.05) is 12.0 Å². The Bertz CT molecular complexity index is 3430. The summed E-state index contributed by atoms with van der Waals surface area (Å²) in [4.78, 5) is 1.02. The van der Waals surface area contributed by atoms with Crippen molar-refractivity contribution in [3.63, 3.8) is 0 Å². The Morgan fingerprint density at radius 2 is 0.809 bits per heavy atom. The van der Waals surface area contributed by atoms with E-state index in [0.717, 1.165) is 55.2 Å². The molecule has 0 bridgehead atoms. The molecule has 9 aromatic rings. The van der Waals surface area contributed by atoms with Gasteiger partial charge in [0.1, 0.15) is 65.7 Å². The minimum Gasteiger partial charge on any atom is -0.497 e. The zero-order chi connectivity index (χ0) is 60.7. The highest BCUT2D eigenvalue weighted by atomic mass is 32.2. The molecule has 10 atom stereocenters. The van der Waals surface area contributed by atoms with Crippen LogP contribution >= 0.6 is 11.8 Å². The van der Waals surface area contributed by atoms with Crippen molar-refractivity contribution in [2.75, 3.05) is 27.4 Å². The predicted octanol–water partition coefficient (Wildman–Crippen LogP) is 12.8. The largest absolute Gasteiger partial charge is 0.497 e. The summed E-state index contributed by atoms with van der Waals surface area (Å²) in [7, 11) is 3.27. The van der Waals surface area contributed by atoms with E-state index in [0.29, 0.717) is 51.9 Å². The average molecular weight is 1220 g/mol. The zero-order valence-electron chi connectivity index (χ0n) is 50.2. The monoisotopic (exact) mass is 1220 g/mol. The van der Waals surface area contributed by atoms with Gasteiger partial charge >= 0.3 is 0 Å². The first kappa shape index (κ1) is 63.2. The third kappa shape index (κ3) is 18.6. The van der Waals surface area contributed by atoms with Gasteiger partial charge in [-0.05, 0) is 68.8 Å². The lowest BCUT2D eigenvalue weighted by molar-refractivity contribution is -0.323. The van der Waals surface area contributed by atoms with Crippen molar-refractivity contribution >= 4 is 11.8 Å². The maximum Gasteiger partial charge on any atom is 0.186 e. The topological polar surface area (TPSA) is 141 Å². The van der Waals surface area contributed by atoms with Crippen molar-refractivity contribution in [2.24, 2.45) is 0 Å². The second kappa shape index (κ2) is 33.4. The molecule has 2 fully saturated rings. The number of benzene rings is 8. The molecule has 0 aliphatic carbocycles. The van der Waals surface area contributed by atoms with Crippen molar-refractivity contribution in [1.29, 1.82) is 0 Å². The van der Waals surface area contributed by atoms with Gasteiger partial charge in [0.25, 0.3) is 0 Å². The van der Waals surface area contributed by atoms with E-state index in [1.54, 1.807) is 26.0 Å². The second-order valence-corrected chi connectivity index (χ2v) is 23.1. The zero-order valence-corrected chi connectivity index (χ0v) is 51.0. The molecule has 16 heteroatoms. The van der Waals surface area contributed by atoms with Gasteiger partial charge in [0.05, 0.1) is 85.9 Å². The van der Waals surface area contributed by atoms with Gasteiger partial charge in [0.15, 0.2) is 6.29 Å². The van der Waals surface area contributed by atoms with E-state index < -0.39 is 60.6 Å². The van der Waals surface area contributed by atoms with E-state index in [9.17, 15) is 0 Å². The Morgan fingerprint density at radius 1 is 0.393 bits per heavy atom. The molecule has 0 saturated carbocycles. The molecule has 89 heavy (non-hydrogen) atoms. The summed E-state index contributed by atoms with van der Waals surface area (Å²) in [5.74, 6) is 0.760. The fourth-order valence-corrected chi connectivity index (χ4v) is 12.0. The van der Waals surface area contributed by atoms with Crippen LogP contribution in [0.15, 0.2) is 242 Å². The molecule has 462 valence electrons. The summed E-state index contributed by atoms with van der Waals surface area (Å²) in [6.45, 7) is 3.34. The molecule has 0 N–H and O–H groups in total. The van der Waals surface area contributed by atoms with Crippen molar-refractivity contribution in [2.45, 2.75) is 125 Å². The van der Waals surface area contributed by atoms with Crippen LogP contribution in [-0.4, -0.2) is 103 Å².